The van der Waals surface area contributed by atoms with Gasteiger partial charge in [-0.05, 0) is 73.2 Å². The average Bonchev–Trinajstić information content (AvgIpc) is 2.77. The molecule has 2 N–H and O–H groups in total. The maximum Gasteiger partial charge on any atom is 0.131 e. The first-order valence-corrected chi connectivity index (χ1v) is 10.2. The summed E-state index contributed by atoms with van der Waals surface area (Å²) >= 11 is 0. The molecule has 0 aliphatic rings. The predicted molar refractivity (Wildman–Crippen MR) is 125 cm³/mol. The van der Waals surface area contributed by atoms with E-state index in [4.69, 9.17) is 0 Å². The molecule has 0 saturated heterocycles. The fourth-order valence-corrected chi connectivity index (χ4v) is 4.09. The smallest absolute Gasteiger partial charge is 0.131 e. The maximum absolute atomic E-state index is 11.4. The van der Waals surface area contributed by atoms with Crippen LogP contribution in [0.1, 0.15) is 22.3 Å². The van der Waals surface area contributed by atoms with E-state index < -0.39 is 0 Å². The minimum Gasteiger partial charge on any atom is -0.507 e. The first-order valence-electron chi connectivity index (χ1n) is 10.2. The first kappa shape index (κ1) is 19.8. The van der Waals surface area contributed by atoms with Crippen LogP contribution in [0.4, 0.5) is 0 Å². The summed E-state index contributed by atoms with van der Waals surface area (Å²) in [5.41, 5.74) is 8.93. The number of aryl methyl sites for hydroxylation is 2. The lowest BCUT2D eigenvalue weighted by Crippen LogP contribution is -1.97. The molecule has 30 heavy (non-hydrogen) atoms. The molecular formula is C28H26O2. The molecule has 0 bridgehead atoms. The fourth-order valence-electron chi connectivity index (χ4n) is 4.09. The van der Waals surface area contributed by atoms with Gasteiger partial charge in [-0.15, -0.1) is 0 Å². The highest BCUT2D eigenvalue weighted by atomic mass is 16.3. The lowest BCUT2D eigenvalue weighted by atomic mass is 9.85. The molecule has 4 aromatic carbocycles. The third kappa shape index (κ3) is 3.25. The molecule has 0 radical (unpaired) electrons. The summed E-state index contributed by atoms with van der Waals surface area (Å²) in [5, 5.41) is 22.8. The van der Waals surface area contributed by atoms with E-state index in [1.807, 2.05) is 100 Å². The zero-order valence-corrected chi connectivity index (χ0v) is 17.8. The van der Waals surface area contributed by atoms with E-state index in [2.05, 4.69) is 0 Å². The Labute approximate surface area is 178 Å². The van der Waals surface area contributed by atoms with Crippen LogP contribution in [0.2, 0.25) is 0 Å². The maximum atomic E-state index is 11.4. The Hall–Kier alpha value is -3.52. The van der Waals surface area contributed by atoms with E-state index in [1.165, 1.54) is 0 Å². The van der Waals surface area contributed by atoms with Gasteiger partial charge in [-0.25, -0.2) is 0 Å². The molecule has 150 valence electrons. The second-order valence-corrected chi connectivity index (χ2v) is 7.91. The summed E-state index contributed by atoms with van der Waals surface area (Å²) in [7, 11) is 0. The minimum atomic E-state index is 0.201. The molecule has 2 nitrogen and oxygen atoms in total. The van der Waals surface area contributed by atoms with Crippen molar-refractivity contribution >= 4 is 0 Å². The fraction of sp³-hybridized carbons (Fsp3) is 0.143. The normalized spacial score (nSPS) is 10.9. The molecule has 0 heterocycles. The van der Waals surface area contributed by atoms with Crippen molar-refractivity contribution in [2.24, 2.45) is 0 Å². The lowest BCUT2D eigenvalue weighted by Gasteiger charge is -2.21. The van der Waals surface area contributed by atoms with E-state index in [0.29, 0.717) is 11.1 Å². The van der Waals surface area contributed by atoms with Gasteiger partial charge in [0.1, 0.15) is 11.5 Å². The van der Waals surface area contributed by atoms with Gasteiger partial charge in [0, 0.05) is 22.3 Å². The second-order valence-electron chi connectivity index (χ2n) is 7.91. The molecule has 0 fully saturated rings. The Bertz CT molecular complexity index is 1120. The van der Waals surface area contributed by atoms with Gasteiger partial charge in [0.2, 0.25) is 0 Å². The van der Waals surface area contributed by atoms with Gasteiger partial charge in [-0.2, -0.15) is 0 Å². The number of rotatable bonds is 3. The molecule has 4 rings (SSSR count). The van der Waals surface area contributed by atoms with E-state index in [1.54, 1.807) is 0 Å². The first-order chi connectivity index (χ1) is 14.4. The quantitative estimate of drug-likeness (QED) is 0.382. The van der Waals surface area contributed by atoms with Gasteiger partial charge >= 0.3 is 0 Å². The monoisotopic (exact) mass is 394 g/mol. The van der Waals surface area contributed by atoms with Gasteiger partial charge in [-0.1, -0.05) is 60.7 Å². The van der Waals surface area contributed by atoms with Crippen LogP contribution in [-0.4, -0.2) is 10.2 Å². The molecule has 0 aliphatic carbocycles. The third-order valence-electron chi connectivity index (χ3n) is 6.06. The number of aromatic hydroxyl groups is 2. The highest BCUT2D eigenvalue weighted by molar-refractivity contribution is 5.92. The van der Waals surface area contributed by atoms with Crippen LogP contribution in [0.3, 0.4) is 0 Å². The van der Waals surface area contributed by atoms with Crippen molar-refractivity contribution in [1.82, 2.24) is 0 Å². The summed E-state index contributed by atoms with van der Waals surface area (Å²) in [6.07, 6.45) is 0. The van der Waals surface area contributed by atoms with Crippen LogP contribution < -0.4 is 0 Å². The van der Waals surface area contributed by atoms with Crippen molar-refractivity contribution in [3.63, 3.8) is 0 Å². The standard InChI is InChI=1S/C28H26O2/c1-17-15-23(21-11-7-5-8-12-21)27(29)25(19(17)3)26-20(4)18(2)16-24(28(26)30)22-13-9-6-10-14-22/h5-16,29-30H,1-4H3. The Balaban J connectivity index is 2.07. The number of phenols is 2. The van der Waals surface area contributed by atoms with Crippen LogP contribution in [0, 0.1) is 27.7 Å². The molecule has 0 saturated carbocycles. The molecule has 0 unspecified atom stereocenters. The zero-order chi connectivity index (χ0) is 21.4. The van der Waals surface area contributed by atoms with Gasteiger partial charge < -0.3 is 10.2 Å². The third-order valence-corrected chi connectivity index (χ3v) is 6.06. The summed E-state index contributed by atoms with van der Waals surface area (Å²) < 4.78 is 0. The van der Waals surface area contributed by atoms with E-state index in [9.17, 15) is 10.2 Å². The van der Waals surface area contributed by atoms with Crippen LogP contribution in [-0.2, 0) is 0 Å². The summed E-state index contributed by atoms with van der Waals surface area (Å²) in [5.74, 6) is 0.402. The van der Waals surface area contributed by atoms with Crippen molar-refractivity contribution in [1.29, 1.82) is 0 Å². The van der Waals surface area contributed by atoms with Crippen molar-refractivity contribution in [2.45, 2.75) is 27.7 Å². The Morgan fingerprint density at radius 3 is 1.17 bits per heavy atom. The van der Waals surface area contributed by atoms with Gasteiger partial charge in [0.25, 0.3) is 0 Å². The summed E-state index contributed by atoms with van der Waals surface area (Å²) in [6.45, 7) is 8.10. The SMILES string of the molecule is Cc1cc(-c2ccccc2)c(O)c(-c2c(C)c(C)cc(-c3ccccc3)c2O)c1C. The second kappa shape index (κ2) is 7.72. The van der Waals surface area contributed by atoms with Crippen LogP contribution in [0.25, 0.3) is 33.4 Å². The topological polar surface area (TPSA) is 40.5 Å². The van der Waals surface area contributed by atoms with Crippen LogP contribution >= 0.6 is 0 Å². The Kier molecular flexibility index (Phi) is 5.09. The Morgan fingerprint density at radius 1 is 0.500 bits per heavy atom. The molecule has 0 amide bonds. The van der Waals surface area contributed by atoms with Crippen molar-refractivity contribution in [2.75, 3.05) is 0 Å². The molecule has 0 spiro atoms. The Morgan fingerprint density at radius 2 is 0.833 bits per heavy atom. The largest absolute Gasteiger partial charge is 0.507 e. The molecule has 0 atom stereocenters. The number of phenolic OH excluding ortho intramolecular Hbond substituents is 2. The molecular weight excluding hydrogens is 368 g/mol. The van der Waals surface area contributed by atoms with E-state index >= 15 is 0 Å². The predicted octanol–water partition coefficient (Wildman–Crippen LogP) is 7.33. The van der Waals surface area contributed by atoms with Crippen molar-refractivity contribution < 1.29 is 10.2 Å². The van der Waals surface area contributed by atoms with Gasteiger partial charge in [-0.3, -0.25) is 0 Å². The van der Waals surface area contributed by atoms with Crippen LogP contribution in [0.5, 0.6) is 11.5 Å². The number of hydrogen-bond acceptors (Lipinski definition) is 2. The van der Waals surface area contributed by atoms with Crippen LogP contribution in [0.15, 0.2) is 72.8 Å². The van der Waals surface area contributed by atoms with Crippen molar-refractivity contribution in [3.05, 3.63) is 95.1 Å². The van der Waals surface area contributed by atoms with Gasteiger partial charge in [0.05, 0.1) is 0 Å². The lowest BCUT2D eigenvalue weighted by molar-refractivity contribution is 0.470. The summed E-state index contributed by atoms with van der Waals surface area (Å²) in [4.78, 5) is 0. The highest BCUT2D eigenvalue weighted by Crippen LogP contribution is 2.49. The molecule has 0 aromatic heterocycles. The molecule has 0 aliphatic heterocycles. The highest BCUT2D eigenvalue weighted by Gasteiger charge is 2.23. The average molecular weight is 395 g/mol. The zero-order valence-electron chi connectivity index (χ0n) is 17.8. The van der Waals surface area contributed by atoms with Gasteiger partial charge in [0.15, 0.2) is 0 Å². The van der Waals surface area contributed by atoms with Crippen molar-refractivity contribution in [3.8, 4) is 44.9 Å². The number of hydrogen-bond donors (Lipinski definition) is 2. The van der Waals surface area contributed by atoms with E-state index in [-0.39, 0.29) is 11.5 Å². The molecule has 2 heteroatoms. The minimum absolute atomic E-state index is 0.201. The molecule has 4 aromatic rings. The number of benzene rings is 4. The summed E-state index contributed by atoms with van der Waals surface area (Å²) in [6, 6.07) is 23.8. The van der Waals surface area contributed by atoms with E-state index in [0.717, 1.165) is 44.5 Å².